The zero-order valence-corrected chi connectivity index (χ0v) is 13.2. The Bertz CT molecular complexity index is 608. The quantitative estimate of drug-likeness (QED) is 0.645. The predicted octanol–water partition coefficient (Wildman–Crippen LogP) is 2.07. The van der Waals surface area contributed by atoms with Crippen LogP contribution < -0.4 is 10.1 Å². The number of allylic oxidation sites excluding steroid dienone is 2. The van der Waals surface area contributed by atoms with Gasteiger partial charge < -0.3 is 14.8 Å². The van der Waals surface area contributed by atoms with Crippen LogP contribution in [0.5, 0.6) is 5.75 Å². The summed E-state index contributed by atoms with van der Waals surface area (Å²) in [5.74, 6) is 0.985. The van der Waals surface area contributed by atoms with E-state index in [1.807, 2.05) is 24.3 Å². The van der Waals surface area contributed by atoms with Gasteiger partial charge in [-0.3, -0.25) is 9.59 Å². The lowest BCUT2D eigenvalue weighted by Gasteiger charge is -2.16. The molecule has 0 aliphatic heterocycles. The van der Waals surface area contributed by atoms with Crippen molar-refractivity contribution in [3.63, 3.8) is 0 Å². The molecule has 1 aromatic carbocycles. The molecule has 23 heavy (non-hydrogen) atoms. The number of rotatable bonds is 6. The number of carbonyl (C=O) groups excluding carboxylic acids is 2. The van der Waals surface area contributed by atoms with E-state index in [2.05, 4.69) is 17.5 Å². The van der Waals surface area contributed by atoms with E-state index in [1.54, 1.807) is 7.11 Å². The summed E-state index contributed by atoms with van der Waals surface area (Å²) in [6, 6.07) is 7.44. The molecule has 2 bridgehead atoms. The van der Waals surface area contributed by atoms with Gasteiger partial charge in [0.1, 0.15) is 5.75 Å². The van der Waals surface area contributed by atoms with Crippen LogP contribution >= 0.6 is 0 Å². The highest BCUT2D eigenvalue weighted by Crippen LogP contribution is 2.43. The lowest BCUT2D eigenvalue weighted by molar-refractivity contribution is -0.153. The van der Waals surface area contributed by atoms with Crippen LogP contribution in [0.15, 0.2) is 36.4 Å². The summed E-state index contributed by atoms with van der Waals surface area (Å²) in [6.07, 6.45) is 6.18. The predicted molar refractivity (Wildman–Crippen MR) is 84.6 cm³/mol. The number of hydrogen-bond acceptors (Lipinski definition) is 4. The number of carbonyl (C=O) groups is 2. The van der Waals surface area contributed by atoms with Gasteiger partial charge in [-0.15, -0.1) is 0 Å². The van der Waals surface area contributed by atoms with Crippen molar-refractivity contribution in [3.8, 4) is 5.75 Å². The highest BCUT2D eigenvalue weighted by molar-refractivity contribution is 5.81. The van der Waals surface area contributed by atoms with Crippen molar-refractivity contribution in [2.75, 3.05) is 13.7 Å². The van der Waals surface area contributed by atoms with Crippen LogP contribution in [0, 0.1) is 17.8 Å². The first-order valence-corrected chi connectivity index (χ1v) is 7.90. The Balaban J connectivity index is 1.39. The molecule has 2 aliphatic rings. The fraction of sp³-hybridized carbons (Fsp3) is 0.444. The second kappa shape index (κ2) is 6.86. The largest absolute Gasteiger partial charge is 0.497 e. The third kappa shape index (κ3) is 3.73. The van der Waals surface area contributed by atoms with E-state index in [0.717, 1.165) is 24.2 Å². The molecule has 1 fully saturated rings. The minimum atomic E-state index is -0.284. The van der Waals surface area contributed by atoms with E-state index in [4.69, 9.17) is 9.47 Å². The fourth-order valence-corrected chi connectivity index (χ4v) is 3.29. The molecule has 5 heteroatoms. The van der Waals surface area contributed by atoms with Crippen molar-refractivity contribution < 1.29 is 19.1 Å². The second-order valence-corrected chi connectivity index (χ2v) is 6.12. The molecule has 0 saturated heterocycles. The molecular formula is C18H21NO4. The van der Waals surface area contributed by atoms with Gasteiger partial charge in [-0.2, -0.15) is 0 Å². The first kappa shape index (κ1) is 15.6. The van der Waals surface area contributed by atoms with Gasteiger partial charge in [-0.25, -0.2) is 0 Å². The molecule has 1 aromatic rings. The Morgan fingerprint density at radius 1 is 1.17 bits per heavy atom. The van der Waals surface area contributed by atoms with Gasteiger partial charge in [-0.05, 0) is 42.4 Å². The van der Waals surface area contributed by atoms with Crippen LogP contribution in [-0.4, -0.2) is 25.6 Å². The molecule has 0 spiro atoms. The molecule has 0 unspecified atom stereocenters. The Morgan fingerprint density at radius 2 is 1.96 bits per heavy atom. The Hall–Kier alpha value is -2.30. The van der Waals surface area contributed by atoms with Crippen LogP contribution in [0.1, 0.15) is 18.4 Å². The lowest BCUT2D eigenvalue weighted by atomic mass is 9.94. The number of amides is 1. The maximum Gasteiger partial charge on any atom is 0.310 e. The summed E-state index contributed by atoms with van der Waals surface area (Å²) in [5, 5.41) is 2.75. The van der Waals surface area contributed by atoms with E-state index < -0.39 is 0 Å². The smallest absolute Gasteiger partial charge is 0.310 e. The topological polar surface area (TPSA) is 64.6 Å². The van der Waals surface area contributed by atoms with Crippen molar-refractivity contribution >= 4 is 11.9 Å². The van der Waals surface area contributed by atoms with Crippen molar-refractivity contribution in [1.29, 1.82) is 0 Å². The van der Waals surface area contributed by atoms with E-state index >= 15 is 0 Å². The van der Waals surface area contributed by atoms with Gasteiger partial charge in [0.25, 0.3) is 5.91 Å². The molecule has 0 aromatic heterocycles. The summed E-state index contributed by atoms with van der Waals surface area (Å²) in [4.78, 5) is 23.8. The molecule has 1 N–H and O–H groups in total. The lowest BCUT2D eigenvalue weighted by Crippen LogP contribution is -2.30. The Morgan fingerprint density at radius 3 is 2.57 bits per heavy atom. The van der Waals surface area contributed by atoms with Crippen LogP contribution in [0.25, 0.3) is 0 Å². The number of benzene rings is 1. The van der Waals surface area contributed by atoms with Gasteiger partial charge in [0.05, 0.1) is 13.0 Å². The monoisotopic (exact) mass is 315 g/mol. The highest BCUT2D eigenvalue weighted by Gasteiger charge is 2.40. The zero-order valence-electron chi connectivity index (χ0n) is 13.2. The van der Waals surface area contributed by atoms with E-state index in [1.165, 1.54) is 0 Å². The van der Waals surface area contributed by atoms with Gasteiger partial charge in [0.15, 0.2) is 6.61 Å². The number of methoxy groups -OCH3 is 1. The first-order valence-electron chi connectivity index (χ1n) is 7.90. The molecule has 3 rings (SSSR count). The fourth-order valence-electron chi connectivity index (χ4n) is 3.29. The van der Waals surface area contributed by atoms with Crippen molar-refractivity contribution in [2.24, 2.45) is 17.8 Å². The summed E-state index contributed by atoms with van der Waals surface area (Å²) in [6.45, 7) is 0.184. The van der Waals surface area contributed by atoms with E-state index in [-0.39, 0.29) is 24.4 Å². The minimum absolute atomic E-state index is 0.0700. The Kier molecular flexibility index (Phi) is 4.65. The number of esters is 1. The Labute approximate surface area is 135 Å². The second-order valence-electron chi connectivity index (χ2n) is 6.12. The summed E-state index contributed by atoms with van der Waals surface area (Å²) in [5.41, 5.74) is 0.962. The first-order chi connectivity index (χ1) is 11.2. The average molecular weight is 315 g/mol. The molecule has 2 aliphatic carbocycles. The molecule has 3 atom stereocenters. The van der Waals surface area contributed by atoms with Crippen LogP contribution in [0.3, 0.4) is 0 Å². The average Bonchev–Trinajstić information content (AvgIpc) is 3.21. The van der Waals surface area contributed by atoms with Crippen molar-refractivity contribution in [2.45, 2.75) is 19.4 Å². The maximum absolute atomic E-state index is 12.0. The summed E-state index contributed by atoms with van der Waals surface area (Å²) >= 11 is 0. The third-order valence-corrected chi connectivity index (χ3v) is 4.58. The third-order valence-electron chi connectivity index (χ3n) is 4.58. The van der Waals surface area contributed by atoms with E-state index in [0.29, 0.717) is 18.4 Å². The van der Waals surface area contributed by atoms with Crippen LogP contribution in [-0.2, 0) is 20.9 Å². The van der Waals surface area contributed by atoms with Gasteiger partial charge in [0.2, 0.25) is 0 Å². The molecular weight excluding hydrogens is 294 g/mol. The number of nitrogens with one attached hydrogen (secondary N) is 1. The van der Waals surface area contributed by atoms with Gasteiger partial charge in [-0.1, -0.05) is 24.3 Å². The highest BCUT2D eigenvalue weighted by atomic mass is 16.5. The van der Waals surface area contributed by atoms with Crippen molar-refractivity contribution in [3.05, 3.63) is 42.0 Å². The molecule has 1 amide bonds. The zero-order chi connectivity index (χ0) is 16.2. The minimum Gasteiger partial charge on any atom is -0.497 e. The maximum atomic E-state index is 12.0. The van der Waals surface area contributed by atoms with Crippen molar-refractivity contribution in [1.82, 2.24) is 5.32 Å². The standard InChI is InChI=1S/C18H21NO4/c1-22-15-6-3-12(4-7-15)10-19-17(20)11-23-18(21)16-9-13-2-5-14(16)8-13/h2-7,13-14,16H,8-11H2,1H3,(H,19,20)/t13-,14+,16-/m1/s1. The molecule has 0 radical (unpaired) electrons. The molecule has 5 nitrogen and oxygen atoms in total. The SMILES string of the molecule is COc1ccc(CNC(=O)COC(=O)[C@@H]2C[C@@H]3C=C[C@H]2C3)cc1. The molecule has 0 heterocycles. The summed E-state index contributed by atoms with van der Waals surface area (Å²) in [7, 11) is 1.61. The van der Waals surface area contributed by atoms with E-state index in [9.17, 15) is 9.59 Å². The van der Waals surface area contributed by atoms with Gasteiger partial charge in [0, 0.05) is 6.54 Å². The van der Waals surface area contributed by atoms with Crippen LogP contribution in [0.4, 0.5) is 0 Å². The number of hydrogen-bond donors (Lipinski definition) is 1. The number of ether oxygens (including phenoxy) is 2. The molecule has 1 saturated carbocycles. The van der Waals surface area contributed by atoms with Gasteiger partial charge >= 0.3 is 5.97 Å². The number of fused-ring (bicyclic) bond motifs is 2. The van der Waals surface area contributed by atoms with Crippen LogP contribution in [0.2, 0.25) is 0 Å². The normalized spacial score (nSPS) is 24.5. The summed E-state index contributed by atoms with van der Waals surface area (Å²) < 4.78 is 10.2. The molecule has 122 valence electrons.